The number of aryl methyl sites for hydroxylation is 1. The highest BCUT2D eigenvalue weighted by Gasteiger charge is 2.44. The molecule has 3 heteroatoms. The van der Waals surface area contributed by atoms with Crippen LogP contribution in [0.3, 0.4) is 0 Å². The van der Waals surface area contributed by atoms with Gasteiger partial charge in [0.05, 0.1) is 17.9 Å². The van der Waals surface area contributed by atoms with Crippen LogP contribution in [0.2, 0.25) is 0 Å². The van der Waals surface area contributed by atoms with E-state index >= 15 is 0 Å². The topological polar surface area (TPSA) is 4.93 Å². The Morgan fingerprint density at radius 2 is 1.15 bits per heavy atom. The van der Waals surface area contributed by atoms with Crippen LogP contribution in [0.1, 0.15) is 5.69 Å². The quantitative estimate of drug-likeness (QED) is 0.315. The highest BCUT2D eigenvalue weighted by Crippen LogP contribution is 2.54. The average Bonchev–Trinajstić information content (AvgIpc) is 2.94. The second-order valence-electron chi connectivity index (χ2n) is 6.69. The molecule has 0 bridgehead atoms. The van der Waals surface area contributed by atoms with E-state index in [0.717, 1.165) is 0 Å². The van der Waals surface area contributed by atoms with Crippen LogP contribution in [0, 0.1) is 6.92 Å². The predicted octanol–water partition coefficient (Wildman–Crippen LogP) is 1.41. The Balaban J connectivity index is 0.00000196. The minimum absolute atomic E-state index is 0. The van der Waals surface area contributed by atoms with Crippen molar-refractivity contribution in [3.63, 3.8) is 0 Å². The molecule has 1 heterocycles. The smallest absolute Gasteiger partial charge is 0.132 e. The zero-order valence-corrected chi connectivity index (χ0v) is 18.4. The maximum Gasteiger partial charge on any atom is 0.132 e. The molecule has 0 spiro atoms. The molecule has 26 heavy (non-hydrogen) atoms. The molecule has 0 fully saturated rings. The van der Waals surface area contributed by atoms with Gasteiger partial charge in [-0.1, -0.05) is 48.5 Å². The van der Waals surface area contributed by atoms with Crippen molar-refractivity contribution in [3.05, 3.63) is 90.6 Å². The molecule has 0 aliphatic rings. The number of para-hydroxylation sites is 1. The molecule has 0 unspecified atom stereocenters. The molecule has 1 nitrogen and oxygen atoms in total. The van der Waals surface area contributed by atoms with E-state index < -0.39 is 7.26 Å². The van der Waals surface area contributed by atoms with Crippen LogP contribution in [-0.2, 0) is 7.05 Å². The number of nitrogens with zero attached hydrogens (tertiary/aromatic N) is 1. The first-order chi connectivity index (χ1) is 12.1. The molecule has 0 atom stereocenters. The molecular formula is C23H23INP. The van der Waals surface area contributed by atoms with E-state index in [4.69, 9.17) is 0 Å². The molecule has 0 radical (unpaired) electrons. The monoisotopic (exact) mass is 471 g/mol. The third-order valence-electron chi connectivity index (χ3n) is 5.36. The maximum absolute atomic E-state index is 2.46. The molecule has 0 N–H and O–H groups in total. The summed E-state index contributed by atoms with van der Waals surface area (Å²) in [5.74, 6) is 0. The first-order valence-corrected chi connectivity index (χ1v) is 10.9. The van der Waals surface area contributed by atoms with E-state index in [9.17, 15) is 0 Å². The van der Waals surface area contributed by atoms with Crippen LogP contribution in [-0.4, -0.2) is 11.2 Å². The van der Waals surface area contributed by atoms with E-state index in [1.807, 2.05) is 0 Å². The van der Waals surface area contributed by atoms with Crippen molar-refractivity contribution in [1.82, 2.24) is 4.57 Å². The highest BCUT2D eigenvalue weighted by molar-refractivity contribution is 7.95. The van der Waals surface area contributed by atoms with Gasteiger partial charge in [-0.3, -0.25) is 0 Å². The lowest BCUT2D eigenvalue weighted by atomic mass is 10.2. The van der Waals surface area contributed by atoms with Gasteiger partial charge in [0.1, 0.15) is 23.2 Å². The van der Waals surface area contributed by atoms with Gasteiger partial charge in [0.25, 0.3) is 0 Å². The lowest BCUT2D eigenvalue weighted by molar-refractivity contribution is -0.00000500. The second kappa shape index (κ2) is 7.54. The van der Waals surface area contributed by atoms with E-state index in [2.05, 4.69) is 110 Å². The molecule has 4 rings (SSSR count). The molecule has 1 aromatic heterocycles. The molecule has 0 saturated carbocycles. The van der Waals surface area contributed by atoms with Crippen molar-refractivity contribution in [2.24, 2.45) is 7.05 Å². The summed E-state index contributed by atoms with van der Waals surface area (Å²) in [4.78, 5) is 0. The third-order valence-corrected chi connectivity index (χ3v) is 9.48. The number of rotatable bonds is 3. The minimum atomic E-state index is -1.71. The Morgan fingerprint density at radius 1 is 0.692 bits per heavy atom. The van der Waals surface area contributed by atoms with Crippen LogP contribution in [0.25, 0.3) is 10.9 Å². The highest BCUT2D eigenvalue weighted by atomic mass is 127. The number of halogens is 1. The molecule has 0 aliphatic carbocycles. The summed E-state index contributed by atoms with van der Waals surface area (Å²) >= 11 is 0. The fraction of sp³-hybridized carbons (Fsp3) is 0.130. The van der Waals surface area contributed by atoms with Crippen LogP contribution < -0.4 is 39.9 Å². The van der Waals surface area contributed by atoms with Gasteiger partial charge in [-0.05, 0) is 43.3 Å². The Labute approximate surface area is 173 Å². The predicted molar refractivity (Wildman–Crippen MR) is 112 cm³/mol. The fourth-order valence-corrected chi connectivity index (χ4v) is 7.74. The van der Waals surface area contributed by atoms with Crippen LogP contribution in [0.15, 0.2) is 84.9 Å². The van der Waals surface area contributed by atoms with Crippen molar-refractivity contribution in [2.75, 3.05) is 6.66 Å². The fourth-order valence-electron chi connectivity index (χ4n) is 3.92. The van der Waals surface area contributed by atoms with Gasteiger partial charge < -0.3 is 28.5 Å². The maximum atomic E-state index is 2.46. The Hall–Kier alpha value is -1.64. The zero-order chi connectivity index (χ0) is 17.4. The van der Waals surface area contributed by atoms with Crippen molar-refractivity contribution in [1.29, 1.82) is 0 Å². The van der Waals surface area contributed by atoms with E-state index in [1.54, 1.807) is 0 Å². The zero-order valence-electron chi connectivity index (χ0n) is 15.4. The Kier molecular flexibility index (Phi) is 5.55. The van der Waals surface area contributed by atoms with Gasteiger partial charge in [-0.2, -0.15) is 0 Å². The standard InChI is InChI=1S/C23H23NP.HI/c1-18-23(21-16-10-11-17-22(21)24(18)2)25(3,19-12-6-4-7-13-19)20-14-8-5-9-15-20;/h4-17H,1-3H3;1H/q+1;/p-1. The lowest BCUT2D eigenvalue weighted by Crippen LogP contribution is -3.00. The Morgan fingerprint density at radius 3 is 1.69 bits per heavy atom. The number of hydrogen-bond acceptors (Lipinski definition) is 0. The molecule has 132 valence electrons. The van der Waals surface area contributed by atoms with Gasteiger partial charge in [0, 0.05) is 12.4 Å². The second-order valence-corrected chi connectivity index (χ2v) is 10.2. The van der Waals surface area contributed by atoms with Crippen molar-refractivity contribution in [3.8, 4) is 0 Å². The summed E-state index contributed by atoms with van der Waals surface area (Å²) in [6.07, 6.45) is 0. The summed E-state index contributed by atoms with van der Waals surface area (Å²) in [6.45, 7) is 4.73. The molecule has 4 aromatic rings. The summed E-state index contributed by atoms with van der Waals surface area (Å²) in [5.41, 5.74) is 2.68. The summed E-state index contributed by atoms with van der Waals surface area (Å²) in [7, 11) is 0.472. The van der Waals surface area contributed by atoms with E-state index in [-0.39, 0.29) is 24.0 Å². The van der Waals surface area contributed by atoms with Gasteiger partial charge in [-0.25, -0.2) is 0 Å². The normalized spacial score (nSPS) is 11.3. The largest absolute Gasteiger partial charge is 1.00 e. The van der Waals surface area contributed by atoms with Crippen LogP contribution in [0.4, 0.5) is 0 Å². The lowest BCUT2D eigenvalue weighted by Gasteiger charge is -2.23. The first kappa shape index (κ1) is 19.1. The Bertz CT molecular complexity index is 983. The van der Waals surface area contributed by atoms with Gasteiger partial charge in [0.15, 0.2) is 0 Å². The minimum Gasteiger partial charge on any atom is -1.00 e. The van der Waals surface area contributed by atoms with Gasteiger partial charge in [-0.15, -0.1) is 0 Å². The first-order valence-electron chi connectivity index (χ1n) is 8.66. The molecule has 0 amide bonds. The summed E-state index contributed by atoms with van der Waals surface area (Å²) < 4.78 is 2.34. The molecule has 3 aromatic carbocycles. The van der Waals surface area contributed by atoms with Gasteiger partial charge in [0.2, 0.25) is 0 Å². The molecular weight excluding hydrogens is 448 g/mol. The van der Waals surface area contributed by atoms with Crippen LogP contribution >= 0.6 is 7.26 Å². The SMILES string of the molecule is Cc1c([P+](C)(c2ccccc2)c2ccccc2)c2ccccc2n1C.[I-]. The molecule has 0 aliphatic heterocycles. The summed E-state index contributed by atoms with van der Waals surface area (Å²) in [6, 6.07) is 30.8. The number of aromatic nitrogens is 1. The van der Waals surface area contributed by atoms with Crippen molar-refractivity contribution >= 4 is 34.1 Å². The van der Waals surface area contributed by atoms with Crippen LogP contribution in [0.5, 0.6) is 0 Å². The van der Waals surface area contributed by atoms with Gasteiger partial charge >= 0.3 is 0 Å². The number of hydrogen-bond donors (Lipinski definition) is 0. The third kappa shape index (κ3) is 2.90. The number of fused-ring (bicyclic) bond motifs is 1. The van der Waals surface area contributed by atoms with Crippen molar-refractivity contribution in [2.45, 2.75) is 6.92 Å². The van der Waals surface area contributed by atoms with E-state index in [1.165, 1.54) is 32.5 Å². The molecule has 0 saturated heterocycles. The van der Waals surface area contributed by atoms with E-state index in [0.29, 0.717) is 0 Å². The number of benzene rings is 3. The van der Waals surface area contributed by atoms with Crippen molar-refractivity contribution < 1.29 is 24.0 Å². The summed E-state index contributed by atoms with van der Waals surface area (Å²) in [5, 5.41) is 5.75. The average molecular weight is 471 g/mol.